The van der Waals surface area contributed by atoms with Gasteiger partial charge >= 0.3 is 0 Å². The Balaban J connectivity index is 1.14. The van der Waals surface area contributed by atoms with E-state index in [4.69, 9.17) is 16.5 Å². The van der Waals surface area contributed by atoms with Gasteiger partial charge in [0.1, 0.15) is 0 Å². The zero-order valence-corrected chi connectivity index (χ0v) is 27.4. The van der Waals surface area contributed by atoms with Crippen LogP contribution in [0.2, 0.25) is 0 Å². The average Bonchev–Trinajstić information content (AvgIpc) is 3.66. The second-order valence-electron chi connectivity index (χ2n) is 13.6. The van der Waals surface area contributed by atoms with Crippen molar-refractivity contribution >= 4 is 38.5 Å². The number of nitrogens with zero attached hydrogens (tertiary/aromatic N) is 3. The number of para-hydroxylation sites is 2. The standard InChI is InChI=1S/C48H27N3/c1-49-32-22-24-37-36-23-21-30(26-42(36)48(43(37)27-32)40-17-6-4-14-34(40)35-15-5-7-18-41(35)48)29-11-10-12-31(25-29)39-28-46-47(38-16-3-2-13-33(38)39)51-45-20-9-8-19-44(45)50-46/h2-28H. The molecule has 0 aliphatic heterocycles. The van der Waals surface area contributed by atoms with Crippen LogP contribution in [0.1, 0.15) is 22.3 Å². The van der Waals surface area contributed by atoms with E-state index in [-0.39, 0.29) is 0 Å². The van der Waals surface area contributed by atoms with Crippen molar-refractivity contribution in [3.8, 4) is 44.5 Å². The molecular weight excluding hydrogens is 619 g/mol. The summed E-state index contributed by atoms with van der Waals surface area (Å²) in [6.45, 7) is 7.90. The third kappa shape index (κ3) is 3.76. The predicted octanol–water partition coefficient (Wildman–Crippen LogP) is 12.2. The number of fused-ring (bicyclic) bond motifs is 14. The summed E-state index contributed by atoms with van der Waals surface area (Å²) in [5.74, 6) is 0. The van der Waals surface area contributed by atoms with Crippen molar-refractivity contribution in [3.05, 3.63) is 197 Å². The first-order chi connectivity index (χ1) is 25.2. The maximum Gasteiger partial charge on any atom is 0.187 e. The maximum atomic E-state index is 7.90. The third-order valence-electron chi connectivity index (χ3n) is 11.1. The average molecular weight is 646 g/mol. The van der Waals surface area contributed by atoms with Gasteiger partial charge in [-0.1, -0.05) is 133 Å². The van der Waals surface area contributed by atoms with Crippen LogP contribution in [0.5, 0.6) is 0 Å². The summed E-state index contributed by atoms with van der Waals surface area (Å²) >= 11 is 0. The third-order valence-corrected chi connectivity index (χ3v) is 11.1. The summed E-state index contributed by atoms with van der Waals surface area (Å²) in [5, 5.41) is 2.26. The first-order valence-corrected chi connectivity index (χ1v) is 17.3. The fourth-order valence-electron chi connectivity index (χ4n) is 8.93. The molecule has 3 heteroatoms. The Kier molecular flexibility index (Phi) is 5.66. The van der Waals surface area contributed by atoms with Crippen molar-refractivity contribution in [1.82, 2.24) is 9.97 Å². The Morgan fingerprint density at radius 1 is 0.392 bits per heavy atom. The molecule has 0 amide bonds. The van der Waals surface area contributed by atoms with E-state index in [2.05, 4.69) is 138 Å². The summed E-state index contributed by atoms with van der Waals surface area (Å²) in [7, 11) is 0. The lowest BCUT2D eigenvalue weighted by atomic mass is 9.70. The minimum Gasteiger partial charge on any atom is -0.244 e. The highest BCUT2D eigenvalue weighted by Crippen LogP contribution is 2.63. The maximum absolute atomic E-state index is 7.90. The molecule has 234 valence electrons. The van der Waals surface area contributed by atoms with E-state index in [1.165, 1.54) is 44.5 Å². The summed E-state index contributed by atoms with van der Waals surface area (Å²) in [6, 6.07) is 58.5. The molecule has 0 radical (unpaired) electrons. The summed E-state index contributed by atoms with van der Waals surface area (Å²) in [4.78, 5) is 14.0. The van der Waals surface area contributed by atoms with E-state index in [1.807, 2.05) is 30.3 Å². The fraction of sp³-hybridized carbons (Fsp3) is 0.0208. The van der Waals surface area contributed by atoms with Crippen LogP contribution in [0.3, 0.4) is 0 Å². The predicted molar refractivity (Wildman–Crippen MR) is 208 cm³/mol. The molecule has 0 atom stereocenters. The van der Waals surface area contributed by atoms with Gasteiger partial charge in [-0.15, -0.1) is 0 Å². The van der Waals surface area contributed by atoms with Gasteiger partial charge in [0.25, 0.3) is 0 Å². The molecule has 0 fully saturated rings. The molecule has 2 aliphatic rings. The van der Waals surface area contributed by atoms with Crippen molar-refractivity contribution in [2.45, 2.75) is 5.41 Å². The summed E-state index contributed by atoms with van der Waals surface area (Å²) in [6.07, 6.45) is 0. The van der Waals surface area contributed by atoms with Gasteiger partial charge in [-0.25, -0.2) is 14.8 Å². The molecule has 3 nitrogen and oxygen atoms in total. The summed E-state index contributed by atoms with van der Waals surface area (Å²) < 4.78 is 0. The Morgan fingerprint density at radius 2 is 0.980 bits per heavy atom. The number of hydrogen-bond acceptors (Lipinski definition) is 2. The van der Waals surface area contributed by atoms with Crippen LogP contribution >= 0.6 is 0 Å². The van der Waals surface area contributed by atoms with Gasteiger partial charge in [0.15, 0.2) is 5.69 Å². The fourth-order valence-corrected chi connectivity index (χ4v) is 8.93. The lowest BCUT2D eigenvalue weighted by Crippen LogP contribution is -2.25. The van der Waals surface area contributed by atoms with E-state index >= 15 is 0 Å². The molecule has 9 aromatic rings. The SMILES string of the molecule is [C-]#[N+]c1ccc2c(c1)C1(c3ccccc3-c3ccccc31)c1cc(-c3cccc(-c4cc5nc6ccccc6nc5c5ccccc45)c3)ccc1-2. The molecule has 0 N–H and O–H groups in total. The van der Waals surface area contributed by atoms with Crippen molar-refractivity contribution < 1.29 is 0 Å². The Hall–Kier alpha value is -6.89. The van der Waals surface area contributed by atoms with Crippen molar-refractivity contribution in [2.24, 2.45) is 0 Å². The normalized spacial score (nSPS) is 13.2. The molecule has 1 spiro atoms. The second kappa shape index (κ2) is 10.3. The number of aromatic nitrogens is 2. The van der Waals surface area contributed by atoms with Gasteiger partial charge in [0.2, 0.25) is 0 Å². The first-order valence-electron chi connectivity index (χ1n) is 17.3. The minimum absolute atomic E-state index is 0.512. The molecule has 1 heterocycles. The Morgan fingerprint density at radius 3 is 1.75 bits per heavy atom. The minimum atomic E-state index is -0.512. The van der Waals surface area contributed by atoms with Gasteiger partial charge in [-0.05, 0) is 102 Å². The molecule has 1 aromatic heterocycles. The number of rotatable bonds is 2. The lowest BCUT2D eigenvalue weighted by Gasteiger charge is -2.31. The quantitative estimate of drug-likeness (QED) is 0.106. The highest BCUT2D eigenvalue weighted by Gasteiger charge is 2.51. The van der Waals surface area contributed by atoms with Crippen molar-refractivity contribution in [3.63, 3.8) is 0 Å². The largest absolute Gasteiger partial charge is 0.244 e. The van der Waals surface area contributed by atoms with E-state index in [1.54, 1.807) is 0 Å². The molecule has 51 heavy (non-hydrogen) atoms. The Labute approximate surface area is 295 Å². The molecule has 2 aliphatic carbocycles. The molecule has 0 saturated heterocycles. The van der Waals surface area contributed by atoms with Gasteiger partial charge < -0.3 is 0 Å². The highest BCUT2D eigenvalue weighted by molar-refractivity contribution is 6.12. The zero-order chi connectivity index (χ0) is 33.7. The van der Waals surface area contributed by atoms with E-state index in [0.29, 0.717) is 5.69 Å². The molecule has 0 saturated carbocycles. The van der Waals surface area contributed by atoms with Crippen LogP contribution in [-0.2, 0) is 5.41 Å². The Bertz CT molecular complexity index is 2960. The molecule has 0 unspecified atom stereocenters. The lowest BCUT2D eigenvalue weighted by molar-refractivity contribution is 0.794. The molecule has 11 rings (SSSR count). The van der Waals surface area contributed by atoms with E-state index in [9.17, 15) is 0 Å². The van der Waals surface area contributed by atoms with Crippen LogP contribution in [-0.4, -0.2) is 9.97 Å². The second-order valence-corrected chi connectivity index (χ2v) is 13.6. The van der Waals surface area contributed by atoms with Crippen LogP contribution in [0.15, 0.2) is 164 Å². The van der Waals surface area contributed by atoms with E-state index < -0.39 is 5.41 Å². The summed E-state index contributed by atoms with van der Waals surface area (Å²) in [5.41, 5.74) is 18.3. The van der Waals surface area contributed by atoms with Gasteiger partial charge in [-0.2, -0.15) is 0 Å². The van der Waals surface area contributed by atoms with Crippen molar-refractivity contribution in [2.75, 3.05) is 0 Å². The van der Waals surface area contributed by atoms with Gasteiger partial charge in [0.05, 0.1) is 34.1 Å². The van der Waals surface area contributed by atoms with Crippen LogP contribution in [0.25, 0.3) is 82.2 Å². The number of benzene rings is 8. The van der Waals surface area contributed by atoms with Gasteiger partial charge in [0, 0.05) is 5.39 Å². The van der Waals surface area contributed by atoms with Crippen LogP contribution in [0, 0.1) is 6.57 Å². The van der Waals surface area contributed by atoms with Gasteiger partial charge in [-0.3, -0.25) is 0 Å². The van der Waals surface area contributed by atoms with Crippen LogP contribution in [0.4, 0.5) is 5.69 Å². The molecule has 8 aromatic carbocycles. The van der Waals surface area contributed by atoms with E-state index in [0.717, 1.165) is 55.1 Å². The van der Waals surface area contributed by atoms with Crippen LogP contribution < -0.4 is 0 Å². The topological polar surface area (TPSA) is 30.1 Å². The highest BCUT2D eigenvalue weighted by atomic mass is 14.8. The zero-order valence-electron chi connectivity index (χ0n) is 27.4. The molecule has 0 bridgehead atoms. The first kappa shape index (κ1) is 28.0. The van der Waals surface area contributed by atoms with Crippen molar-refractivity contribution in [1.29, 1.82) is 0 Å². The molecular formula is C48H27N3. The monoisotopic (exact) mass is 645 g/mol. The smallest absolute Gasteiger partial charge is 0.187 e. The number of hydrogen-bond donors (Lipinski definition) is 0.